The van der Waals surface area contributed by atoms with Crippen molar-refractivity contribution in [2.24, 2.45) is 0 Å². The van der Waals surface area contributed by atoms with E-state index in [-0.39, 0.29) is 34.3 Å². The summed E-state index contributed by atoms with van der Waals surface area (Å²) in [7, 11) is 0. The van der Waals surface area contributed by atoms with Crippen molar-refractivity contribution in [2.45, 2.75) is 0 Å². The molecule has 8 heavy (non-hydrogen) atoms. The molecule has 0 amide bonds. The van der Waals surface area contributed by atoms with Crippen LogP contribution in [0.25, 0.3) is 0 Å². The second kappa shape index (κ2) is 2.18. The molecule has 1 nitrogen and oxygen atoms in total. The normalized spacial score (nSPS) is 16.1. The van der Waals surface area contributed by atoms with E-state index in [0.717, 1.165) is 0 Å². The van der Waals surface area contributed by atoms with E-state index in [1.165, 1.54) is 0 Å². The Morgan fingerprint density at radius 1 is 1.50 bits per heavy atom. The van der Waals surface area contributed by atoms with Crippen LogP contribution in [0, 0.1) is 0 Å². The second-order valence-corrected chi connectivity index (χ2v) is 2.02. The fraction of sp³-hybridized carbons (Fsp3) is 0. The minimum absolute atomic E-state index is 0.0426. The molecule has 42 valence electrons. The lowest BCUT2D eigenvalue weighted by atomic mass is 10.3. The van der Waals surface area contributed by atoms with Gasteiger partial charge in [0.1, 0.15) is 0 Å². The largest absolute Gasteiger partial charge is 0.398 e. The number of anilines is 1. The lowest BCUT2D eigenvalue weighted by molar-refractivity contribution is 1.63. The van der Waals surface area contributed by atoms with Crippen molar-refractivity contribution < 1.29 is 5.48 Å². The molecule has 0 aliphatic heterocycles. The van der Waals surface area contributed by atoms with E-state index in [4.69, 9.17) is 11.2 Å². The van der Waals surface area contributed by atoms with Crippen molar-refractivity contribution in [3.05, 3.63) is 28.6 Å². The molecule has 2 N–H and O–H groups in total. The van der Waals surface area contributed by atoms with Crippen molar-refractivity contribution >= 4 is 21.6 Å². The van der Waals surface area contributed by atoms with Crippen LogP contribution < -0.4 is 5.73 Å². The third kappa shape index (κ3) is 1.01. The lowest BCUT2D eigenvalue weighted by Crippen LogP contribution is -1.82. The number of halogens is 1. The summed E-state index contributed by atoms with van der Waals surface area (Å²) < 4.78 is 29.3. The third-order valence-electron chi connectivity index (χ3n) is 0.668. The van der Waals surface area contributed by atoms with Crippen molar-refractivity contribution in [3.63, 3.8) is 0 Å². The van der Waals surface area contributed by atoms with Crippen LogP contribution in [0.1, 0.15) is 5.48 Å². The van der Waals surface area contributed by atoms with Crippen molar-refractivity contribution in [1.29, 1.82) is 0 Å². The first kappa shape index (κ1) is 2.40. The van der Waals surface area contributed by atoms with E-state index in [1.807, 2.05) is 0 Å². The van der Waals surface area contributed by atoms with E-state index in [9.17, 15) is 0 Å². The van der Waals surface area contributed by atoms with Crippen LogP contribution >= 0.6 is 15.9 Å². The number of rotatable bonds is 0. The van der Waals surface area contributed by atoms with Gasteiger partial charge in [-0.2, -0.15) is 0 Å². The number of nitrogen functional groups attached to an aromatic ring is 1. The minimum atomic E-state index is -0.305. The number of nitrogens with two attached hydrogens (primary N) is 1. The lowest BCUT2D eigenvalue weighted by Gasteiger charge is -1.91. The average molecular weight is 176 g/mol. The van der Waals surface area contributed by atoms with Gasteiger partial charge in [-0.1, -0.05) is 12.1 Å². The van der Waals surface area contributed by atoms with Gasteiger partial charge in [0.25, 0.3) is 0 Å². The molecule has 0 atom stereocenters. The topological polar surface area (TPSA) is 26.0 Å². The molecule has 0 heterocycles. The van der Waals surface area contributed by atoms with E-state index in [0.29, 0.717) is 0 Å². The van der Waals surface area contributed by atoms with Gasteiger partial charge in [0.2, 0.25) is 0 Å². The highest BCUT2D eigenvalue weighted by Crippen LogP contribution is 2.16. The zero-order valence-electron chi connectivity index (χ0n) is 7.96. The first-order valence-electron chi connectivity index (χ1n) is 3.98. The van der Waals surface area contributed by atoms with Gasteiger partial charge in [-0.3, -0.25) is 0 Å². The Morgan fingerprint density at radius 2 is 2.12 bits per heavy atom. The Labute approximate surface area is 62.3 Å². The van der Waals surface area contributed by atoms with Crippen LogP contribution in [-0.2, 0) is 0 Å². The molecule has 0 spiro atoms. The summed E-state index contributed by atoms with van der Waals surface area (Å²) in [4.78, 5) is 0. The molecule has 1 aromatic rings. The van der Waals surface area contributed by atoms with Gasteiger partial charge in [0.15, 0.2) is 0 Å². The Kier molecular flexibility index (Phi) is 0.653. The zero-order chi connectivity index (χ0) is 9.46. The molecule has 1 aromatic carbocycles. The van der Waals surface area contributed by atoms with Gasteiger partial charge >= 0.3 is 0 Å². The van der Waals surface area contributed by atoms with Crippen molar-refractivity contribution in [1.82, 2.24) is 0 Å². The molecule has 1 rings (SSSR count). The SMILES string of the molecule is [2H]c1c([2H])c([2H])c(Br)c(N)c1[2H]. The molecule has 0 fully saturated rings. The highest BCUT2D eigenvalue weighted by atomic mass is 79.9. The van der Waals surface area contributed by atoms with Crippen molar-refractivity contribution in [3.8, 4) is 0 Å². The first-order valence-corrected chi connectivity index (χ1v) is 2.77. The molecule has 0 aromatic heterocycles. The van der Waals surface area contributed by atoms with Crippen LogP contribution in [0.4, 0.5) is 5.69 Å². The van der Waals surface area contributed by atoms with Crippen LogP contribution in [-0.4, -0.2) is 0 Å². The predicted octanol–water partition coefficient (Wildman–Crippen LogP) is 2.03. The van der Waals surface area contributed by atoms with Crippen molar-refractivity contribution in [2.75, 3.05) is 5.73 Å². The highest BCUT2D eigenvalue weighted by molar-refractivity contribution is 9.10. The van der Waals surface area contributed by atoms with E-state index in [1.54, 1.807) is 0 Å². The van der Waals surface area contributed by atoms with Gasteiger partial charge in [-0.25, -0.2) is 0 Å². The van der Waals surface area contributed by atoms with Gasteiger partial charge in [0, 0.05) is 10.2 Å². The fourth-order valence-electron chi connectivity index (χ4n) is 0.307. The van der Waals surface area contributed by atoms with E-state index >= 15 is 0 Å². The maximum absolute atomic E-state index is 7.30. The Balaban J connectivity index is 3.60. The van der Waals surface area contributed by atoms with Crippen LogP contribution in [0.5, 0.6) is 0 Å². The van der Waals surface area contributed by atoms with Crippen LogP contribution in [0.2, 0.25) is 0 Å². The summed E-state index contributed by atoms with van der Waals surface area (Å²) in [5.74, 6) is 0. The molecule has 0 aliphatic carbocycles. The summed E-state index contributed by atoms with van der Waals surface area (Å²) in [6.45, 7) is 0. The second-order valence-electron chi connectivity index (χ2n) is 1.23. The molecule has 0 bridgehead atoms. The number of hydrogen-bond acceptors (Lipinski definition) is 1. The third-order valence-corrected chi connectivity index (χ3v) is 1.29. The summed E-state index contributed by atoms with van der Waals surface area (Å²) in [5, 5.41) is 0. The molecule has 0 aliphatic rings. The Morgan fingerprint density at radius 3 is 2.88 bits per heavy atom. The summed E-state index contributed by atoms with van der Waals surface area (Å²) in [5.41, 5.74) is 5.44. The summed E-state index contributed by atoms with van der Waals surface area (Å²) in [6, 6.07) is -0.932. The van der Waals surface area contributed by atoms with Gasteiger partial charge in [0.05, 0.1) is 5.48 Å². The molecule has 0 radical (unpaired) electrons. The fourth-order valence-corrected chi connectivity index (χ4v) is 0.505. The highest BCUT2D eigenvalue weighted by Gasteiger charge is 1.86. The standard InChI is InChI=1S/C6H6BrN/c7-5-3-1-2-4-6(5)8/h1-4H,8H2/i1D,2D,3D,4D. The smallest absolute Gasteiger partial charge is 0.0645 e. The van der Waals surface area contributed by atoms with Gasteiger partial charge in [-0.15, -0.1) is 0 Å². The van der Waals surface area contributed by atoms with Crippen LogP contribution in [0.15, 0.2) is 28.6 Å². The maximum atomic E-state index is 7.30. The van der Waals surface area contributed by atoms with Crippen LogP contribution in [0.3, 0.4) is 0 Å². The average Bonchev–Trinajstić information content (AvgIpc) is 2.08. The number of hydrogen-bond donors (Lipinski definition) is 1. The number of benzene rings is 1. The minimum Gasteiger partial charge on any atom is -0.398 e. The molecule has 0 saturated carbocycles. The number of para-hydroxylation sites is 1. The molecule has 2 heteroatoms. The molecule has 0 unspecified atom stereocenters. The first-order chi connectivity index (χ1) is 5.46. The van der Waals surface area contributed by atoms with Gasteiger partial charge < -0.3 is 5.73 Å². The van der Waals surface area contributed by atoms with E-state index in [2.05, 4.69) is 15.9 Å². The monoisotopic (exact) mass is 175 g/mol. The zero-order valence-corrected chi connectivity index (χ0v) is 5.54. The quantitative estimate of drug-likeness (QED) is 0.601. The molecule has 0 saturated heterocycles. The Bertz CT molecular complexity index is 234. The predicted molar refractivity (Wildman–Crippen MR) is 38.6 cm³/mol. The van der Waals surface area contributed by atoms with Gasteiger partial charge in [-0.05, 0) is 28.0 Å². The summed E-state index contributed by atoms with van der Waals surface area (Å²) >= 11 is 2.98. The summed E-state index contributed by atoms with van der Waals surface area (Å²) in [6.07, 6.45) is 0. The Hall–Kier alpha value is -0.500. The maximum Gasteiger partial charge on any atom is 0.0645 e. The molecular weight excluding hydrogens is 166 g/mol. The van der Waals surface area contributed by atoms with E-state index < -0.39 is 0 Å². The molecular formula is C6H6BrN.